The zero-order valence-electron chi connectivity index (χ0n) is 10.4. The van der Waals surface area contributed by atoms with Crippen LogP contribution >= 0.6 is 15.9 Å². The van der Waals surface area contributed by atoms with Crippen LogP contribution in [0.1, 0.15) is 38.2 Å². The van der Waals surface area contributed by atoms with Crippen molar-refractivity contribution in [2.24, 2.45) is 5.92 Å². The van der Waals surface area contributed by atoms with Gasteiger partial charge in [-0.1, -0.05) is 48.0 Å². The third-order valence-electron chi connectivity index (χ3n) is 3.15. The van der Waals surface area contributed by atoms with Gasteiger partial charge in [-0.15, -0.1) is 0 Å². The van der Waals surface area contributed by atoms with Gasteiger partial charge in [0.25, 0.3) is 0 Å². The molecule has 1 aliphatic carbocycles. The molecule has 3 heteroatoms. The Balaban J connectivity index is 1.74. The highest BCUT2D eigenvalue weighted by Gasteiger charge is 2.31. The molecule has 1 aromatic rings. The maximum absolute atomic E-state index is 5.45. The zero-order chi connectivity index (χ0) is 12.3. The van der Waals surface area contributed by atoms with Crippen LogP contribution in [0.4, 0.5) is 0 Å². The average molecular weight is 298 g/mol. The number of hydrogen-bond donors (Lipinski definition) is 1. The minimum atomic E-state index is 0.519. The summed E-state index contributed by atoms with van der Waals surface area (Å²) in [5.74, 6) is 1.26. The van der Waals surface area contributed by atoms with E-state index in [-0.39, 0.29) is 0 Å². The summed E-state index contributed by atoms with van der Waals surface area (Å²) in [5.41, 5.74) is 4.58. The van der Waals surface area contributed by atoms with Crippen molar-refractivity contribution in [1.82, 2.24) is 5.48 Å². The molecule has 0 bridgehead atoms. The van der Waals surface area contributed by atoms with Gasteiger partial charge >= 0.3 is 0 Å². The van der Waals surface area contributed by atoms with Gasteiger partial charge in [-0.25, -0.2) is 0 Å². The molecule has 2 rings (SSSR count). The molecule has 0 radical (unpaired) electrons. The van der Waals surface area contributed by atoms with Crippen LogP contribution in [0.15, 0.2) is 28.7 Å². The fourth-order valence-corrected chi connectivity index (χ4v) is 2.72. The van der Waals surface area contributed by atoms with Crippen LogP contribution < -0.4 is 5.48 Å². The molecule has 0 unspecified atom stereocenters. The Morgan fingerprint density at radius 3 is 2.71 bits per heavy atom. The van der Waals surface area contributed by atoms with Gasteiger partial charge in [-0.3, -0.25) is 0 Å². The molecule has 17 heavy (non-hydrogen) atoms. The number of rotatable bonds is 5. The molecule has 1 aliphatic rings. The average Bonchev–Trinajstić information content (AvgIpc) is 2.23. The SMILES string of the molecule is CC(C)CONC1CC(c2ccccc2Br)C1. The predicted molar refractivity (Wildman–Crippen MR) is 73.8 cm³/mol. The molecule has 0 heterocycles. The van der Waals surface area contributed by atoms with Gasteiger partial charge in [0.05, 0.1) is 6.61 Å². The normalized spacial score (nSPS) is 23.8. The lowest BCUT2D eigenvalue weighted by molar-refractivity contribution is -0.0212. The topological polar surface area (TPSA) is 21.3 Å². The molecule has 0 atom stereocenters. The van der Waals surface area contributed by atoms with E-state index in [2.05, 4.69) is 59.5 Å². The maximum atomic E-state index is 5.45. The first-order valence-electron chi connectivity index (χ1n) is 6.28. The monoisotopic (exact) mass is 297 g/mol. The Hall–Kier alpha value is -0.380. The van der Waals surface area contributed by atoms with Crippen molar-refractivity contribution in [3.8, 4) is 0 Å². The molecule has 1 saturated carbocycles. The van der Waals surface area contributed by atoms with E-state index in [0.29, 0.717) is 17.9 Å². The molecular formula is C14H20BrNO. The van der Waals surface area contributed by atoms with E-state index in [1.807, 2.05) is 0 Å². The van der Waals surface area contributed by atoms with Crippen LogP contribution in [0, 0.1) is 5.92 Å². The van der Waals surface area contributed by atoms with Crippen LogP contribution in [0.3, 0.4) is 0 Å². The summed E-state index contributed by atoms with van der Waals surface area (Å²) in [5, 5.41) is 0. The zero-order valence-corrected chi connectivity index (χ0v) is 12.0. The Bertz CT molecular complexity index is 361. The second kappa shape index (κ2) is 5.98. The summed E-state index contributed by atoms with van der Waals surface area (Å²) in [4.78, 5) is 5.45. The predicted octanol–water partition coefficient (Wildman–Crippen LogP) is 3.87. The van der Waals surface area contributed by atoms with Gasteiger partial charge in [0, 0.05) is 10.5 Å². The van der Waals surface area contributed by atoms with E-state index in [1.54, 1.807) is 0 Å². The standard InChI is InChI=1S/C14H20BrNO/c1-10(2)9-17-16-12-7-11(8-12)13-5-3-4-6-14(13)15/h3-6,10-12,16H,7-9H2,1-2H3. The van der Waals surface area contributed by atoms with Gasteiger partial charge in [0.1, 0.15) is 0 Å². The van der Waals surface area contributed by atoms with Gasteiger partial charge in [-0.05, 0) is 36.3 Å². The maximum Gasteiger partial charge on any atom is 0.0705 e. The fraction of sp³-hybridized carbons (Fsp3) is 0.571. The summed E-state index contributed by atoms with van der Waals surface area (Å²) >= 11 is 3.61. The first kappa shape index (κ1) is 13.1. The lowest BCUT2D eigenvalue weighted by Crippen LogP contribution is -2.40. The number of hydroxylamine groups is 1. The second-order valence-electron chi connectivity index (χ2n) is 5.21. The highest BCUT2D eigenvalue weighted by molar-refractivity contribution is 9.10. The third-order valence-corrected chi connectivity index (χ3v) is 3.87. The minimum absolute atomic E-state index is 0.519. The number of hydrogen-bond acceptors (Lipinski definition) is 2. The number of benzene rings is 1. The molecule has 94 valence electrons. The van der Waals surface area contributed by atoms with Crippen molar-refractivity contribution < 1.29 is 4.84 Å². The van der Waals surface area contributed by atoms with Gasteiger partial charge in [-0.2, -0.15) is 5.48 Å². The van der Waals surface area contributed by atoms with E-state index in [1.165, 1.54) is 22.9 Å². The molecule has 1 N–H and O–H groups in total. The van der Waals surface area contributed by atoms with Gasteiger partial charge in [0.15, 0.2) is 0 Å². The highest BCUT2D eigenvalue weighted by atomic mass is 79.9. The lowest BCUT2D eigenvalue weighted by Gasteiger charge is -2.36. The molecule has 1 fully saturated rings. The summed E-state index contributed by atoms with van der Waals surface area (Å²) in [6.07, 6.45) is 2.33. The second-order valence-corrected chi connectivity index (χ2v) is 6.06. The van der Waals surface area contributed by atoms with E-state index in [0.717, 1.165) is 6.61 Å². The minimum Gasteiger partial charge on any atom is -0.301 e. The van der Waals surface area contributed by atoms with Crippen molar-refractivity contribution in [1.29, 1.82) is 0 Å². The lowest BCUT2D eigenvalue weighted by atomic mass is 9.76. The molecular weight excluding hydrogens is 278 g/mol. The van der Waals surface area contributed by atoms with Crippen molar-refractivity contribution in [3.05, 3.63) is 34.3 Å². The number of nitrogens with one attached hydrogen (secondary N) is 1. The van der Waals surface area contributed by atoms with Crippen LogP contribution in [-0.4, -0.2) is 12.6 Å². The Labute approximate surface area is 112 Å². The molecule has 0 saturated heterocycles. The quantitative estimate of drug-likeness (QED) is 0.833. The molecule has 2 nitrogen and oxygen atoms in total. The first-order chi connectivity index (χ1) is 8.16. The molecule has 0 amide bonds. The van der Waals surface area contributed by atoms with Crippen LogP contribution in [0.25, 0.3) is 0 Å². The van der Waals surface area contributed by atoms with Crippen molar-refractivity contribution >= 4 is 15.9 Å². The summed E-state index contributed by atoms with van der Waals surface area (Å²) in [7, 11) is 0. The van der Waals surface area contributed by atoms with Crippen LogP contribution in [-0.2, 0) is 4.84 Å². The van der Waals surface area contributed by atoms with Gasteiger partial charge in [0.2, 0.25) is 0 Å². The summed E-state index contributed by atoms with van der Waals surface area (Å²) in [6.45, 7) is 5.11. The fourth-order valence-electron chi connectivity index (χ4n) is 2.11. The highest BCUT2D eigenvalue weighted by Crippen LogP contribution is 2.39. The van der Waals surface area contributed by atoms with Gasteiger partial charge < -0.3 is 4.84 Å². The molecule has 0 aliphatic heterocycles. The van der Waals surface area contributed by atoms with Crippen molar-refractivity contribution in [3.63, 3.8) is 0 Å². The van der Waals surface area contributed by atoms with E-state index < -0.39 is 0 Å². The van der Waals surface area contributed by atoms with E-state index in [4.69, 9.17) is 4.84 Å². The van der Waals surface area contributed by atoms with E-state index >= 15 is 0 Å². The Morgan fingerprint density at radius 1 is 1.35 bits per heavy atom. The van der Waals surface area contributed by atoms with Crippen molar-refractivity contribution in [2.45, 2.75) is 38.6 Å². The van der Waals surface area contributed by atoms with E-state index in [9.17, 15) is 0 Å². The molecule has 0 aromatic heterocycles. The smallest absolute Gasteiger partial charge is 0.0705 e. The van der Waals surface area contributed by atoms with Crippen LogP contribution in [0.2, 0.25) is 0 Å². The summed E-state index contributed by atoms with van der Waals surface area (Å²) in [6, 6.07) is 9.01. The molecule has 1 aromatic carbocycles. The number of halogens is 1. The third kappa shape index (κ3) is 3.54. The summed E-state index contributed by atoms with van der Waals surface area (Å²) < 4.78 is 1.23. The van der Waals surface area contributed by atoms with Crippen LogP contribution in [0.5, 0.6) is 0 Å². The Kier molecular flexibility index (Phi) is 4.60. The largest absolute Gasteiger partial charge is 0.301 e. The van der Waals surface area contributed by atoms with Crippen molar-refractivity contribution in [2.75, 3.05) is 6.61 Å². The Morgan fingerprint density at radius 2 is 2.06 bits per heavy atom. The first-order valence-corrected chi connectivity index (χ1v) is 7.08. The molecule has 0 spiro atoms.